The first-order valence-electron chi connectivity index (χ1n) is 7.53. The molecule has 2 rings (SSSR count). The van der Waals surface area contributed by atoms with Crippen molar-refractivity contribution in [2.75, 3.05) is 32.7 Å². The number of piperazine rings is 1. The van der Waals surface area contributed by atoms with Crippen molar-refractivity contribution >= 4 is 17.4 Å². The zero-order chi connectivity index (χ0) is 15.4. The summed E-state index contributed by atoms with van der Waals surface area (Å²) >= 11 is 6.30. The molecule has 1 aliphatic heterocycles. The summed E-state index contributed by atoms with van der Waals surface area (Å²) in [5.74, 6) is 0.788. The summed E-state index contributed by atoms with van der Waals surface area (Å²) in [5, 5.41) is 8.14. The number of hydrogen-bond acceptors (Lipinski definition) is 3. The molecule has 1 fully saturated rings. The Bertz CT molecular complexity index is 493. The molecular weight excluding hydrogens is 284 g/mol. The molecule has 116 valence electrons. The smallest absolute Gasteiger partial charge is 0.122 e. The van der Waals surface area contributed by atoms with Gasteiger partial charge >= 0.3 is 0 Å². The number of nitrogens with two attached hydrogens (primary N) is 1. The Morgan fingerprint density at radius 3 is 2.38 bits per heavy atom. The Hall–Kier alpha value is -1.10. The monoisotopic (exact) mass is 308 g/mol. The van der Waals surface area contributed by atoms with Crippen LogP contribution in [0.4, 0.5) is 0 Å². The van der Waals surface area contributed by atoms with Crippen LogP contribution in [0.5, 0.6) is 0 Å². The quantitative estimate of drug-likeness (QED) is 0.649. The zero-order valence-electron chi connectivity index (χ0n) is 12.9. The maximum Gasteiger partial charge on any atom is 0.122 e. The average molecular weight is 309 g/mol. The highest BCUT2D eigenvalue weighted by molar-refractivity contribution is 6.31. The third-order valence-electron chi connectivity index (χ3n) is 3.85. The summed E-state index contributed by atoms with van der Waals surface area (Å²) in [4.78, 5) is 4.97. The van der Waals surface area contributed by atoms with E-state index in [4.69, 9.17) is 22.7 Å². The van der Waals surface area contributed by atoms with Crippen LogP contribution in [-0.2, 0) is 6.54 Å². The molecular formula is C16H25ClN4. The predicted molar refractivity (Wildman–Crippen MR) is 89.0 cm³/mol. The molecule has 1 aromatic rings. The number of benzene rings is 1. The molecule has 3 N–H and O–H groups in total. The van der Waals surface area contributed by atoms with Gasteiger partial charge in [0, 0.05) is 49.9 Å². The average Bonchev–Trinajstić information content (AvgIpc) is 2.42. The Morgan fingerprint density at radius 1 is 1.24 bits per heavy atom. The summed E-state index contributed by atoms with van der Waals surface area (Å²) in [6.45, 7) is 11.0. The van der Waals surface area contributed by atoms with Gasteiger partial charge in [0.25, 0.3) is 0 Å². The van der Waals surface area contributed by atoms with Gasteiger partial charge in [0.2, 0.25) is 0 Å². The van der Waals surface area contributed by atoms with Gasteiger partial charge in [-0.3, -0.25) is 10.3 Å². The highest BCUT2D eigenvalue weighted by atomic mass is 35.5. The molecule has 1 heterocycles. The molecule has 21 heavy (non-hydrogen) atoms. The van der Waals surface area contributed by atoms with Crippen molar-refractivity contribution < 1.29 is 0 Å². The lowest BCUT2D eigenvalue weighted by molar-refractivity contribution is 0.117. The van der Waals surface area contributed by atoms with E-state index in [9.17, 15) is 0 Å². The van der Waals surface area contributed by atoms with E-state index in [0.29, 0.717) is 10.6 Å². The minimum atomic E-state index is 0.0609. The van der Waals surface area contributed by atoms with Crippen LogP contribution in [0.25, 0.3) is 0 Å². The molecule has 1 aromatic carbocycles. The molecule has 1 saturated heterocycles. The van der Waals surface area contributed by atoms with E-state index in [1.807, 2.05) is 12.1 Å². The van der Waals surface area contributed by atoms with Gasteiger partial charge in [-0.2, -0.15) is 0 Å². The van der Waals surface area contributed by atoms with Gasteiger partial charge < -0.3 is 10.6 Å². The second-order valence-electron chi connectivity index (χ2n) is 6.19. The summed E-state index contributed by atoms with van der Waals surface area (Å²) in [5.41, 5.74) is 7.28. The lowest BCUT2D eigenvalue weighted by Crippen LogP contribution is -2.46. The SMILES string of the molecule is CC(C)CN1CCN(Cc2ccc(C(=N)N)cc2Cl)CC1. The van der Waals surface area contributed by atoms with Crippen LogP contribution in [0.3, 0.4) is 0 Å². The van der Waals surface area contributed by atoms with E-state index < -0.39 is 0 Å². The van der Waals surface area contributed by atoms with Gasteiger partial charge in [0.1, 0.15) is 5.84 Å². The van der Waals surface area contributed by atoms with Crippen LogP contribution in [0.2, 0.25) is 5.02 Å². The fraction of sp³-hybridized carbons (Fsp3) is 0.562. The highest BCUT2D eigenvalue weighted by Gasteiger charge is 2.18. The van der Waals surface area contributed by atoms with Crippen LogP contribution >= 0.6 is 11.6 Å². The normalized spacial score (nSPS) is 17.3. The van der Waals surface area contributed by atoms with E-state index in [1.165, 1.54) is 6.54 Å². The Labute approximate surface area is 132 Å². The first-order valence-corrected chi connectivity index (χ1v) is 7.91. The summed E-state index contributed by atoms with van der Waals surface area (Å²) in [6.07, 6.45) is 0. The van der Waals surface area contributed by atoms with Crippen LogP contribution < -0.4 is 5.73 Å². The minimum Gasteiger partial charge on any atom is -0.384 e. The predicted octanol–water partition coefficient (Wildman–Crippen LogP) is 2.40. The molecule has 0 atom stereocenters. The number of hydrogen-bond donors (Lipinski definition) is 2. The molecule has 0 saturated carbocycles. The Kier molecular flexibility index (Phi) is 5.62. The number of nitrogens with zero attached hydrogens (tertiary/aromatic N) is 2. The fourth-order valence-electron chi connectivity index (χ4n) is 2.73. The van der Waals surface area contributed by atoms with Crippen LogP contribution in [-0.4, -0.2) is 48.4 Å². The molecule has 0 bridgehead atoms. The van der Waals surface area contributed by atoms with Gasteiger partial charge in [0.05, 0.1) is 0 Å². The van der Waals surface area contributed by atoms with Crippen molar-refractivity contribution in [3.63, 3.8) is 0 Å². The highest BCUT2D eigenvalue weighted by Crippen LogP contribution is 2.20. The lowest BCUT2D eigenvalue weighted by atomic mass is 10.1. The number of amidine groups is 1. The fourth-order valence-corrected chi connectivity index (χ4v) is 2.97. The molecule has 4 nitrogen and oxygen atoms in total. The van der Waals surface area contributed by atoms with Gasteiger partial charge in [-0.25, -0.2) is 0 Å². The van der Waals surface area contributed by atoms with Crippen LogP contribution in [0.15, 0.2) is 18.2 Å². The standard InChI is InChI=1S/C16H25ClN4/c1-12(2)10-20-5-7-21(8-6-20)11-14-4-3-13(16(18)19)9-15(14)17/h3-4,9,12H,5-8,10-11H2,1-2H3,(H3,18,19). The van der Waals surface area contributed by atoms with E-state index in [1.54, 1.807) is 6.07 Å². The molecule has 0 amide bonds. The maximum absolute atomic E-state index is 7.44. The van der Waals surface area contributed by atoms with Crippen LogP contribution in [0.1, 0.15) is 25.0 Å². The topological polar surface area (TPSA) is 56.4 Å². The zero-order valence-corrected chi connectivity index (χ0v) is 13.7. The number of nitrogens with one attached hydrogen (secondary N) is 1. The Balaban J connectivity index is 1.90. The second-order valence-corrected chi connectivity index (χ2v) is 6.60. The van der Waals surface area contributed by atoms with Gasteiger partial charge in [-0.1, -0.05) is 37.6 Å². The minimum absolute atomic E-state index is 0.0609. The van der Waals surface area contributed by atoms with Crippen molar-refractivity contribution in [2.45, 2.75) is 20.4 Å². The molecule has 0 aliphatic carbocycles. The Morgan fingerprint density at radius 2 is 1.86 bits per heavy atom. The summed E-state index contributed by atoms with van der Waals surface area (Å²) < 4.78 is 0. The maximum atomic E-state index is 7.44. The van der Waals surface area contributed by atoms with Crippen molar-refractivity contribution in [2.24, 2.45) is 11.7 Å². The number of nitrogen functional groups attached to an aromatic ring is 1. The lowest BCUT2D eigenvalue weighted by Gasteiger charge is -2.35. The van der Waals surface area contributed by atoms with E-state index in [0.717, 1.165) is 44.2 Å². The first kappa shape index (κ1) is 16.3. The number of halogens is 1. The second kappa shape index (κ2) is 7.25. The first-order chi connectivity index (χ1) is 9.95. The summed E-state index contributed by atoms with van der Waals surface area (Å²) in [7, 11) is 0. The van der Waals surface area contributed by atoms with Gasteiger partial charge in [-0.15, -0.1) is 0 Å². The molecule has 0 aromatic heterocycles. The van der Waals surface area contributed by atoms with Crippen molar-refractivity contribution in [1.82, 2.24) is 9.80 Å². The van der Waals surface area contributed by atoms with Crippen molar-refractivity contribution in [3.05, 3.63) is 34.3 Å². The third kappa shape index (κ3) is 4.70. The van der Waals surface area contributed by atoms with Crippen LogP contribution in [0, 0.1) is 11.3 Å². The van der Waals surface area contributed by atoms with Gasteiger partial charge in [0.15, 0.2) is 0 Å². The van der Waals surface area contributed by atoms with E-state index >= 15 is 0 Å². The van der Waals surface area contributed by atoms with Crippen molar-refractivity contribution in [1.29, 1.82) is 5.41 Å². The molecule has 1 aliphatic rings. The molecule has 0 unspecified atom stereocenters. The van der Waals surface area contributed by atoms with E-state index in [-0.39, 0.29) is 5.84 Å². The summed E-state index contributed by atoms with van der Waals surface area (Å²) in [6, 6.07) is 5.65. The number of rotatable bonds is 5. The molecule has 5 heteroatoms. The van der Waals surface area contributed by atoms with E-state index in [2.05, 4.69) is 23.6 Å². The largest absolute Gasteiger partial charge is 0.384 e. The van der Waals surface area contributed by atoms with Crippen molar-refractivity contribution in [3.8, 4) is 0 Å². The molecule has 0 spiro atoms. The third-order valence-corrected chi connectivity index (χ3v) is 4.20. The molecule has 0 radical (unpaired) electrons. The van der Waals surface area contributed by atoms with Gasteiger partial charge in [-0.05, 0) is 17.5 Å².